The van der Waals surface area contributed by atoms with Gasteiger partial charge in [0.15, 0.2) is 5.78 Å². The van der Waals surface area contributed by atoms with Gasteiger partial charge in [0.25, 0.3) is 5.69 Å². The first kappa shape index (κ1) is 14.4. The molecule has 1 aromatic rings. The van der Waals surface area contributed by atoms with Crippen LogP contribution in [0.15, 0.2) is 12.3 Å². The maximum Gasteiger partial charge on any atom is 0.287 e. The molecule has 1 aromatic heterocycles. The predicted octanol–water partition coefficient (Wildman–Crippen LogP) is 2.08. The van der Waals surface area contributed by atoms with Gasteiger partial charge in [0.2, 0.25) is 0 Å². The number of aromatic nitrogens is 1. The second-order valence-corrected chi connectivity index (χ2v) is 4.67. The number of carbonyl (C=O) groups excluding carboxylic acids is 1. The van der Waals surface area contributed by atoms with Crippen LogP contribution in [0.1, 0.15) is 31.3 Å². The first-order valence-corrected chi connectivity index (χ1v) is 6.02. The number of aromatic amines is 1. The first-order chi connectivity index (χ1) is 8.43. The minimum Gasteiger partial charge on any atom is -0.353 e. The second kappa shape index (κ2) is 6.30. The molecule has 0 atom stereocenters. The first-order valence-electron chi connectivity index (χ1n) is 6.02. The molecule has 0 unspecified atom stereocenters. The van der Waals surface area contributed by atoms with E-state index < -0.39 is 4.92 Å². The van der Waals surface area contributed by atoms with Crippen molar-refractivity contribution in [3.05, 3.63) is 28.1 Å². The van der Waals surface area contributed by atoms with Crippen LogP contribution < -0.4 is 0 Å². The molecule has 0 aliphatic heterocycles. The van der Waals surface area contributed by atoms with E-state index in [1.165, 1.54) is 12.3 Å². The standard InChI is InChI=1S/C12H19N3O3/c1-4-14(7-9(2)3)8-12(16)11-5-10(6-13-11)15(17)18/h5-6,9,13H,4,7-8H2,1-3H3. The highest BCUT2D eigenvalue weighted by molar-refractivity contribution is 5.96. The Balaban J connectivity index is 2.65. The van der Waals surface area contributed by atoms with Crippen LogP contribution in [0.25, 0.3) is 0 Å². The van der Waals surface area contributed by atoms with Crippen LogP contribution in [0.4, 0.5) is 5.69 Å². The number of carbonyl (C=O) groups is 1. The summed E-state index contributed by atoms with van der Waals surface area (Å²) in [4.78, 5) is 26.6. The molecule has 0 bridgehead atoms. The number of ketones is 1. The van der Waals surface area contributed by atoms with Crippen molar-refractivity contribution in [3.8, 4) is 0 Å². The summed E-state index contributed by atoms with van der Waals surface area (Å²) in [6.07, 6.45) is 1.24. The maximum absolute atomic E-state index is 11.9. The van der Waals surface area contributed by atoms with Gasteiger partial charge in [-0.3, -0.25) is 19.8 Å². The van der Waals surface area contributed by atoms with Gasteiger partial charge in [-0.05, 0) is 12.5 Å². The molecule has 1 heterocycles. The zero-order chi connectivity index (χ0) is 13.7. The highest BCUT2D eigenvalue weighted by atomic mass is 16.6. The Kier molecular flexibility index (Phi) is 5.03. The van der Waals surface area contributed by atoms with Crippen molar-refractivity contribution in [2.45, 2.75) is 20.8 Å². The molecule has 0 spiro atoms. The van der Waals surface area contributed by atoms with E-state index in [4.69, 9.17) is 0 Å². The number of likely N-dealkylation sites (N-methyl/N-ethyl adjacent to an activating group) is 1. The molecule has 6 nitrogen and oxygen atoms in total. The third-order valence-electron chi connectivity index (χ3n) is 2.62. The van der Waals surface area contributed by atoms with Gasteiger partial charge in [-0.15, -0.1) is 0 Å². The number of nitrogens with zero attached hydrogens (tertiary/aromatic N) is 2. The third kappa shape index (κ3) is 3.96. The van der Waals surface area contributed by atoms with E-state index in [0.29, 0.717) is 11.6 Å². The van der Waals surface area contributed by atoms with E-state index in [1.54, 1.807) is 0 Å². The molecule has 0 aliphatic rings. The number of H-pyrrole nitrogens is 1. The summed E-state index contributed by atoms with van der Waals surface area (Å²) >= 11 is 0. The molecule has 0 saturated heterocycles. The summed E-state index contributed by atoms with van der Waals surface area (Å²) in [6, 6.07) is 1.28. The van der Waals surface area contributed by atoms with Gasteiger partial charge in [-0.25, -0.2) is 0 Å². The molecule has 0 aromatic carbocycles. The fourth-order valence-electron chi connectivity index (χ4n) is 1.76. The van der Waals surface area contributed by atoms with Crippen LogP contribution in [-0.2, 0) is 0 Å². The lowest BCUT2D eigenvalue weighted by atomic mass is 10.2. The van der Waals surface area contributed by atoms with Gasteiger partial charge < -0.3 is 4.98 Å². The lowest BCUT2D eigenvalue weighted by Gasteiger charge is -2.21. The second-order valence-electron chi connectivity index (χ2n) is 4.67. The van der Waals surface area contributed by atoms with Gasteiger partial charge in [-0.2, -0.15) is 0 Å². The third-order valence-corrected chi connectivity index (χ3v) is 2.62. The van der Waals surface area contributed by atoms with E-state index in [9.17, 15) is 14.9 Å². The van der Waals surface area contributed by atoms with E-state index in [0.717, 1.165) is 13.1 Å². The Morgan fingerprint density at radius 1 is 1.56 bits per heavy atom. The zero-order valence-electron chi connectivity index (χ0n) is 11.0. The Morgan fingerprint density at radius 3 is 2.67 bits per heavy atom. The van der Waals surface area contributed by atoms with Crippen molar-refractivity contribution in [3.63, 3.8) is 0 Å². The summed E-state index contributed by atoms with van der Waals surface area (Å²) in [5.41, 5.74) is 0.217. The number of nitro groups is 1. The fraction of sp³-hybridized carbons (Fsp3) is 0.583. The molecule has 6 heteroatoms. The molecule has 1 rings (SSSR count). The average molecular weight is 253 g/mol. The predicted molar refractivity (Wildman–Crippen MR) is 68.7 cm³/mol. The molecular formula is C12H19N3O3. The van der Waals surface area contributed by atoms with Crippen molar-refractivity contribution < 1.29 is 9.72 Å². The van der Waals surface area contributed by atoms with Gasteiger partial charge in [0.1, 0.15) is 0 Å². The Morgan fingerprint density at radius 2 is 2.22 bits per heavy atom. The Hall–Kier alpha value is -1.69. The van der Waals surface area contributed by atoms with Gasteiger partial charge in [0, 0.05) is 12.6 Å². The summed E-state index contributed by atoms with van der Waals surface area (Å²) in [7, 11) is 0. The van der Waals surface area contributed by atoms with Crippen LogP contribution in [-0.4, -0.2) is 40.2 Å². The molecule has 0 amide bonds. The zero-order valence-corrected chi connectivity index (χ0v) is 11.0. The smallest absolute Gasteiger partial charge is 0.287 e. The molecule has 1 N–H and O–H groups in total. The molecule has 0 saturated carbocycles. The minimum absolute atomic E-state index is 0.0785. The number of nitrogens with one attached hydrogen (secondary N) is 1. The lowest BCUT2D eigenvalue weighted by Crippen LogP contribution is -2.33. The molecule has 100 valence electrons. The topological polar surface area (TPSA) is 79.2 Å². The van der Waals surface area contributed by atoms with E-state index >= 15 is 0 Å². The summed E-state index contributed by atoms with van der Waals surface area (Å²) in [5.74, 6) is 0.362. The maximum atomic E-state index is 11.9. The number of hydrogen-bond donors (Lipinski definition) is 1. The van der Waals surface area contributed by atoms with Crippen molar-refractivity contribution in [2.75, 3.05) is 19.6 Å². The van der Waals surface area contributed by atoms with Crippen molar-refractivity contribution in [1.82, 2.24) is 9.88 Å². The van der Waals surface area contributed by atoms with Crippen LogP contribution >= 0.6 is 0 Å². The highest BCUT2D eigenvalue weighted by Crippen LogP contribution is 2.13. The molecule has 0 fully saturated rings. The summed E-state index contributed by atoms with van der Waals surface area (Å²) in [6.45, 7) is 8.08. The molecular weight excluding hydrogens is 234 g/mol. The monoisotopic (exact) mass is 253 g/mol. The Labute approximate surface area is 106 Å². The van der Waals surface area contributed by atoms with Crippen LogP contribution in [0.3, 0.4) is 0 Å². The van der Waals surface area contributed by atoms with Gasteiger partial charge in [0.05, 0.1) is 23.4 Å². The van der Waals surface area contributed by atoms with Crippen molar-refractivity contribution >= 4 is 11.5 Å². The number of rotatable bonds is 7. The van der Waals surface area contributed by atoms with Gasteiger partial charge in [-0.1, -0.05) is 20.8 Å². The highest BCUT2D eigenvalue weighted by Gasteiger charge is 2.17. The largest absolute Gasteiger partial charge is 0.353 e. The van der Waals surface area contributed by atoms with E-state index in [-0.39, 0.29) is 18.0 Å². The van der Waals surface area contributed by atoms with Crippen molar-refractivity contribution in [1.29, 1.82) is 0 Å². The number of Topliss-reactive ketones (excluding diaryl/α,β-unsaturated/α-hetero) is 1. The summed E-state index contributed by atoms with van der Waals surface area (Å²) < 4.78 is 0. The molecule has 18 heavy (non-hydrogen) atoms. The van der Waals surface area contributed by atoms with Gasteiger partial charge >= 0.3 is 0 Å². The normalized spacial score (nSPS) is 11.2. The lowest BCUT2D eigenvalue weighted by molar-refractivity contribution is -0.384. The van der Waals surface area contributed by atoms with Crippen LogP contribution in [0.5, 0.6) is 0 Å². The quantitative estimate of drug-likeness (QED) is 0.458. The fourth-order valence-corrected chi connectivity index (χ4v) is 1.76. The van der Waals surface area contributed by atoms with E-state index in [1.807, 2.05) is 11.8 Å². The van der Waals surface area contributed by atoms with E-state index in [2.05, 4.69) is 18.8 Å². The van der Waals surface area contributed by atoms with Crippen LogP contribution in [0, 0.1) is 16.0 Å². The minimum atomic E-state index is -0.515. The van der Waals surface area contributed by atoms with Crippen molar-refractivity contribution in [2.24, 2.45) is 5.92 Å². The molecule has 0 aliphatic carbocycles. The SMILES string of the molecule is CCN(CC(=O)c1cc([N+](=O)[O-])c[nH]1)CC(C)C. The average Bonchev–Trinajstić information content (AvgIpc) is 2.76. The number of hydrogen-bond acceptors (Lipinski definition) is 4. The Bertz CT molecular complexity index is 426. The van der Waals surface area contributed by atoms with Crippen LogP contribution in [0.2, 0.25) is 0 Å². The molecule has 0 radical (unpaired) electrons. The summed E-state index contributed by atoms with van der Waals surface area (Å²) in [5, 5.41) is 10.5.